The SMILES string of the molecule is CCCCCCCCOc1cc(-c2nnc(-c3ccc(CBr)cc3)o2)cc(OCCCCCCCC)c1OCCCCCCCC.CCCCCCCCOc1cc(-c2nnc(-c3ccc(CO)cc3)o2)cc(OCCCCCCCC)c1OCCCCCCCC.O. The number of nitrogens with zero attached hydrogens (tertiary/aromatic N) is 4. The summed E-state index contributed by atoms with van der Waals surface area (Å²) < 4.78 is 51.0. The highest BCUT2D eigenvalue weighted by molar-refractivity contribution is 9.08. The number of aliphatic hydroxyl groups is 1. The predicted octanol–water partition coefficient (Wildman–Crippen LogP) is 22.8. The summed E-state index contributed by atoms with van der Waals surface area (Å²) in [6.45, 7) is 17.3. The molecule has 0 aliphatic heterocycles. The molecule has 4 aromatic carbocycles. The van der Waals surface area contributed by atoms with Crippen molar-refractivity contribution in [2.45, 2.75) is 285 Å². The number of ether oxygens (including phenoxy) is 6. The lowest BCUT2D eigenvalue weighted by molar-refractivity contribution is 0.234. The molecule has 520 valence electrons. The molecule has 0 amide bonds. The lowest BCUT2D eigenvalue weighted by atomic mass is 10.1. The molecule has 2 heterocycles. The van der Waals surface area contributed by atoms with Crippen LogP contribution in [0.3, 0.4) is 0 Å². The van der Waals surface area contributed by atoms with E-state index in [1.807, 2.05) is 60.7 Å². The normalized spacial score (nSPS) is 11.1. The van der Waals surface area contributed by atoms with Crippen LogP contribution in [0.4, 0.5) is 0 Å². The van der Waals surface area contributed by atoms with E-state index in [1.165, 1.54) is 166 Å². The topological polar surface area (TPSA) is 185 Å². The van der Waals surface area contributed by atoms with Crippen molar-refractivity contribution in [2.24, 2.45) is 0 Å². The first kappa shape index (κ1) is 79.8. The van der Waals surface area contributed by atoms with Crippen LogP contribution in [0.25, 0.3) is 45.8 Å². The highest BCUT2D eigenvalue weighted by atomic mass is 79.9. The van der Waals surface area contributed by atoms with Gasteiger partial charge < -0.3 is 47.8 Å². The van der Waals surface area contributed by atoms with Crippen LogP contribution in [0.1, 0.15) is 284 Å². The zero-order valence-electron chi connectivity index (χ0n) is 58.4. The summed E-state index contributed by atoms with van der Waals surface area (Å²) in [6, 6.07) is 23.5. The molecule has 0 saturated carbocycles. The smallest absolute Gasteiger partial charge is 0.248 e. The van der Waals surface area contributed by atoms with Crippen LogP contribution >= 0.6 is 15.9 Å². The van der Waals surface area contributed by atoms with Crippen molar-refractivity contribution in [3.05, 3.63) is 83.9 Å². The van der Waals surface area contributed by atoms with Gasteiger partial charge >= 0.3 is 0 Å². The van der Waals surface area contributed by atoms with Gasteiger partial charge in [-0.2, -0.15) is 0 Å². The Balaban J connectivity index is 0.000000392. The molecule has 0 radical (unpaired) electrons. The van der Waals surface area contributed by atoms with Crippen LogP contribution in [-0.4, -0.2) is 70.6 Å². The molecule has 0 saturated heterocycles. The van der Waals surface area contributed by atoms with Crippen LogP contribution < -0.4 is 28.4 Å². The molecule has 6 rings (SSSR count). The van der Waals surface area contributed by atoms with E-state index >= 15 is 0 Å². The monoisotopic (exact) mass is 1350 g/mol. The molecule has 0 fully saturated rings. The summed E-state index contributed by atoms with van der Waals surface area (Å²) in [5, 5.41) is 27.7. The van der Waals surface area contributed by atoms with E-state index in [9.17, 15) is 5.11 Å². The van der Waals surface area contributed by atoms with Gasteiger partial charge in [0.05, 0.1) is 46.2 Å². The molecule has 0 atom stereocenters. The molecular formula is C78H121BrN4O10. The second kappa shape index (κ2) is 51.7. The molecule has 0 aliphatic carbocycles. The first-order chi connectivity index (χ1) is 45.4. The van der Waals surface area contributed by atoms with Crippen LogP contribution in [0.2, 0.25) is 0 Å². The quantitative estimate of drug-likeness (QED) is 0.0281. The van der Waals surface area contributed by atoms with Crippen LogP contribution in [0.5, 0.6) is 34.5 Å². The molecule has 6 aromatic rings. The van der Waals surface area contributed by atoms with E-state index in [4.69, 9.17) is 37.3 Å². The van der Waals surface area contributed by atoms with Gasteiger partial charge in [0.25, 0.3) is 0 Å². The summed E-state index contributed by atoms with van der Waals surface area (Å²) in [4.78, 5) is 0. The van der Waals surface area contributed by atoms with Crippen molar-refractivity contribution in [1.29, 1.82) is 0 Å². The Morgan fingerprint density at radius 1 is 0.301 bits per heavy atom. The minimum absolute atomic E-state index is 0. The number of aromatic nitrogens is 4. The standard InChI is InChI=1S/C39H59BrN2O4.C39H60N2O5.H2O/c1-4-7-10-13-16-19-26-43-35-29-34(39-42-41-38(46-39)33-24-22-32(31-40)23-25-33)30-36(44-27-20-17-14-11-8-5-2)37(35)45-28-21-18-15-12-9-6-3;1-4-7-10-13-16-19-26-43-35-29-34(39-41-40-38(46-39)33-24-22-32(31-42)23-25-33)30-36(44-27-20-17-14-11-8-5-2)37(35)45-28-21-18-15-12-9-6-3;/h22-25,29-30H,4-21,26-28,31H2,1-3H3;22-25,29-30,42H,4-21,26-28,31H2,1-3H3;1H2. The second-order valence-electron chi connectivity index (χ2n) is 24.8. The second-order valence-corrected chi connectivity index (χ2v) is 25.4. The van der Waals surface area contributed by atoms with Gasteiger partial charge in [-0.15, -0.1) is 20.4 Å². The summed E-state index contributed by atoms with van der Waals surface area (Å²) in [5.41, 5.74) is 5.24. The number of rotatable bonds is 54. The Morgan fingerprint density at radius 3 is 0.774 bits per heavy atom. The van der Waals surface area contributed by atoms with Crippen LogP contribution in [0.15, 0.2) is 81.6 Å². The van der Waals surface area contributed by atoms with Gasteiger partial charge in [0.15, 0.2) is 23.0 Å². The van der Waals surface area contributed by atoms with E-state index in [0.29, 0.717) is 97.7 Å². The Hall–Kier alpha value is -5.64. The number of alkyl halides is 1. The maximum Gasteiger partial charge on any atom is 0.248 e. The lowest BCUT2D eigenvalue weighted by Crippen LogP contribution is -2.07. The van der Waals surface area contributed by atoms with Gasteiger partial charge in [-0.3, -0.25) is 0 Å². The number of benzene rings is 4. The molecule has 3 N–H and O–H groups in total. The number of unbranched alkanes of at least 4 members (excludes halogenated alkanes) is 30. The van der Waals surface area contributed by atoms with E-state index < -0.39 is 0 Å². The average molecular weight is 1350 g/mol. The van der Waals surface area contributed by atoms with E-state index in [0.717, 1.165) is 104 Å². The average Bonchev–Trinajstić information content (AvgIpc) is 1.84. The Kier molecular flexibility index (Phi) is 44.3. The number of hydrogen-bond donors (Lipinski definition) is 1. The van der Waals surface area contributed by atoms with Gasteiger partial charge in [-0.05, 0) is 98.2 Å². The van der Waals surface area contributed by atoms with Crippen molar-refractivity contribution >= 4 is 15.9 Å². The van der Waals surface area contributed by atoms with Gasteiger partial charge in [-0.25, -0.2) is 0 Å². The third kappa shape index (κ3) is 32.1. The maximum atomic E-state index is 9.40. The first-order valence-corrected chi connectivity index (χ1v) is 37.7. The Morgan fingerprint density at radius 2 is 0.527 bits per heavy atom. The fourth-order valence-electron chi connectivity index (χ4n) is 10.9. The molecule has 2 aromatic heterocycles. The zero-order chi connectivity index (χ0) is 65.3. The van der Waals surface area contributed by atoms with Gasteiger partial charge in [-0.1, -0.05) is 274 Å². The van der Waals surface area contributed by atoms with Crippen LogP contribution in [0, 0.1) is 0 Å². The molecule has 0 spiro atoms. The van der Waals surface area contributed by atoms with Crippen molar-refractivity contribution in [2.75, 3.05) is 39.6 Å². The maximum absolute atomic E-state index is 9.40. The van der Waals surface area contributed by atoms with Gasteiger partial charge in [0.2, 0.25) is 35.1 Å². The molecular weight excluding hydrogens is 1230 g/mol. The summed E-state index contributed by atoms with van der Waals surface area (Å²) >= 11 is 3.51. The Bertz CT molecular complexity index is 2500. The Labute approximate surface area is 569 Å². The van der Waals surface area contributed by atoms with E-state index in [1.54, 1.807) is 0 Å². The highest BCUT2D eigenvalue weighted by Crippen LogP contribution is 2.44. The molecule has 15 heteroatoms. The third-order valence-electron chi connectivity index (χ3n) is 16.6. The third-order valence-corrected chi connectivity index (χ3v) is 17.3. The van der Waals surface area contributed by atoms with Crippen LogP contribution in [-0.2, 0) is 11.9 Å². The molecule has 0 unspecified atom stereocenters. The highest BCUT2D eigenvalue weighted by Gasteiger charge is 2.23. The first-order valence-electron chi connectivity index (χ1n) is 36.6. The number of halogens is 1. The molecule has 93 heavy (non-hydrogen) atoms. The van der Waals surface area contributed by atoms with Crippen molar-refractivity contribution in [1.82, 2.24) is 20.4 Å². The number of hydrogen-bond acceptors (Lipinski definition) is 13. The zero-order valence-corrected chi connectivity index (χ0v) is 60.0. The lowest BCUT2D eigenvalue weighted by Gasteiger charge is -2.18. The number of aliphatic hydroxyl groups excluding tert-OH is 1. The van der Waals surface area contributed by atoms with E-state index in [-0.39, 0.29) is 12.1 Å². The minimum atomic E-state index is -0.00826. The van der Waals surface area contributed by atoms with Crippen molar-refractivity contribution in [3.63, 3.8) is 0 Å². The predicted molar refractivity (Wildman–Crippen MR) is 386 cm³/mol. The van der Waals surface area contributed by atoms with E-state index in [2.05, 4.69) is 90.0 Å². The summed E-state index contributed by atoms with van der Waals surface area (Å²) in [6.07, 6.45) is 43.4. The summed E-state index contributed by atoms with van der Waals surface area (Å²) in [7, 11) is 0. The largest absolute Gasteiger partial charge is 0.490 e. The molecule has 0 aliphatic rings. The molecule has 14 nitrogen and oxygen atoms in total. The summed E-state index contributed by atoms with van der Waals surface area (Å²) in [5.74, 6) is 5.84. The fourth-order valence-corrected chi connectivity index (χ4v) is 11.3. The molecule has 0 bridgehead atoms. The van der Waals surface area contributed by atoms with Gasteiger partial charge in [0, 0.05) is 27.6 Å². The minimum Gasteiger partial charge on any atom is -0.490 e. The van der Waals surface area contributed by atoms with Gasteiger partial charge in [0.1, 0.15) is 0 Å². The fraction of sp³-hybridized carbons (Fsp3) is 0.641. The van der Waals surface area contributed by atoms with Crippen molar-refractivity contribution in [3.8, 4) is 80.3 Å². The van der Waals surface area contributed by atoms with Crippen molar-refractivity contribution < 1.29 is 47.8 Å².